The van der Waals surface area contributed by atoms with E-state index in [0.717, 1.165) is 17.1 Å². The van der Waals surface area contributed by atoms with E-state index < -0.39 is 0 Å². The highest BCUT2D eigenvalue weighted by Crippen LogP contribution is 2.26. The van der Waals surface area contributed by atoms with Crippen molar-refractivity contribution < 1.29 is 4.79 Å². The van der Waals surface area contributed by atoms with E-state index in [-0.39, 0.29) is 5.91 Å². The van der Waals surface area contributed by atoms with Gasteiger partial charge in [-0.3, -0.25) is 4.79 Å². The second-order valence-electron chi connectivity index (χ2n) is 7.08. The van der Waals surface area contributed by atoms with Crippen molar-refractivity contribution in [2.24, 2.45) is 0 Å². The second kappa shape index (κ2) is 8.62. The largest absolute Gasteiger partial charge is 0.353 e. The lowest BCUT2D eigenvalue weighted by molar-refractivity contribution is -0.129. The number of nitrogens with one attached hydrogen (secondary N) is 1. The molecule has 3 aromatic rings. The van der Waals surface area contributed by atoms with E-state index in [1.807, 2.05) is 59.5 Å². The van der Waals surface area contributed by atoms with Gasteiger partial charge in [0.05, 0.1) is 16.9 Å². The zero-order valence-corrected chi connectivity index (χ0v) is 16.7. The van der Waals surface area contributed by atoms with Crippen molar-refractivity contribution >= 4 is 23.4 Å². The van der Waals surface area contributed by atoms with E-state index in [4.69, 9.17) is 4.98 Å². The van der Waals surface area contributed by atoms with Gasteiger partial charge in [0.25, 0.3) is 0 Å². The summed E-state index contributed by atoms with van der Waals surface area (Å²) in [5.74, 6) is 1.32. The zero-order valence-electron chi connectivity index (χ0n) is 16.7. The summed E-state index contributed by atoms with van der Waals surface area (Å²) in [5, 5.41) is 12.6. The molecule has 0 atom stereocenters. The van der Waals surface area contributed by atoms with Crippen molar-refractivity contribution in [1.82, 2.24) is 14.9 Å². The molecule has 0 radical (unpaired) electrons. The van der Waals surface area contributed by atoms with Crippen LogP contribution in [0.2, 0.25) is 0 Å². The number of rotatable bonds is 4. The fraction of sp³-hybridized carbons (Fsp3) is 0.217. The van der Waals surface area contributed by atoms with Gasteiger partial charge in [-0.05, 0) is 12.1 Å². The monoisotopic (exact) mass is 398 g/mol. The minimum absolute atomic E-state index is 0.0952. The highest BCUT2D eigenvalue weighted by Gasteiger charge is 2.21. The summed E-state index contributed by atoms with van der Waals surface area (Å²) >= 11 is 0. The van der Waals surface area contributed by atoms with Gasteiger partial charge in [-0.1, -0.05) is 42.5 Å². The average Bonchev–Trinajstić information content (AvgIpc) is 2.80. The molecule has 2 heterocycles. The van der Waals surface area contributed by atoms with Gasteiger partial charge in [-0.25, -0.2) is 4.98 Å². The maximum atomic E-state index is 11.6. The molecular weight excluding hydrogens is 376 g/mol. The van der Waals surface area contributed by atoms with Gasteiger partial charge < -0.3 is 15.1 Å². The number of aromatic nitrogens is 2. The molecule has 0 spiro atoms. The molecular formula is C23H22N6O. The Bertz CT molecular complexity index is 1080. The summed E-state index contributed by atoms with van der Waals surface area (Å²) in [5.41, 5.74) is 2.98. The SMILES string of the molecule is CC(=O)N1CCN(c2cc(-c3ccccc3)nc(Nc3ccccc3C#N)n2)CC1. The normalized spacial score (nSPS) is 13.6. The average molecular weight is 398 g/mol. The van der Waals surface area contributed by atoms with Crippen LogP contribution in [0.25, 0.3) is 11.3 Å². The minimum Gasteiger partial charge on any atom is -0.353 e. The first-order chi connectivity index (χ1) is 14.6. The number of piperazine rings is 1. The first kappa shape index (κ1) is 19.4. The van der Waals surface area contributed by atoms with Crippen LogP contribution < -0.4 is 10.2 Å². The Morgan fingerprint density at radius 3 is 2.40 bits per heavy atom. The van der Waals surface area contributed by atoms with Crippen molar-refractivity contribution in [3.63, 3.8) is 0 Å². The third-order valence-electron chi connectivity index (χ3n) is 5.13. The van der Waals surface area contributed by atoms with Crippen LogP contribution in [0.5, 0.6) is 0 Å². The van der Waals surface area contributed by atoms with Crippen LogP contribution >= 0.6 is 0 Å². The molecule has 1 aliphatic heterocycles. The van der Waals surface area contributed by atoms with Gasteiger partial charge >= 0.3 is 0 Å². The van der Waals surface area contributed by atoms with E-state index in [2.05, 4.69) is 21.3 Å². The lowest BCUT2D eigenvalue weighted by atomic mass is 10.1. The van der Waals surface area contributed by atoms with E-state index in [1.165, 1.54) is 0 Å². The highest BCUT2D eigenvalue weighted by molar-refractivity contribution is 5.74. The maximum absolute atomic E-state index is 11.6. The predicted molar refractivity (Wildman–Crippen MR) is 116 cm³/mol. The first-order valence-corrected chi connectivity index (χ1v) is 9.85. The fourth-order valence-electron chi connectivity index (χ4n) is 3.47. The van der Waals surface area contributed by atoms with E-state index >= 15 is 0 Å². The molecule has 1 aromatic heterocycles. The van der Waals surface area contributed by atoms with Crippen LogP contribution in [0.15, 0.2) is 60.7 Å². The Labute approximate surface area is 175 Å². The minimum atomic E-state index is 0.0952. The van der Waals surface area contributed by atoms with Crippen molar-refractivity contribution in [1.29, 1.82) is 5.26 Å². The summed E-state index contributed by atoms with van der Waals surface area (Å²) in [7, 11) is 0. The van der Waals surface area contributed by atoms with Gasteiger partial charge in [0.1, 0.15) is 11.9 Å². The number of carbonyl (C=O) groups is 1. The quantitative estimate of drug-likeness (QED) is 0.725. The summed E-state index contributed by atoms with van der Waals surface area (Å²) in [6.07, 6.45) is 0. The number of anilines is 3. The van der Waals surface area contributed by atoms with Crippen LogP contribution in [0, 0.1) is 11.3 Å². The van der Waals surface area contributed by atoms with Crippen LogP contribution in [0.4, 0.5) is 17.5 Å². The Kier molecular flexibility index (Phi) is 5.57. The Balaban J connectivity index is 1.69. The van der Waals surface area contributed by atoms with Crippen LogP contribution in [-0.4, -0.2) is 47.0 Å². The number of hydrogen-bond donors (Lipinski definition) is 1. The summed E-state index contributed by atoms with van der Waals surface area (Å²) in [4.78, 5) is 25.1. The van der Waals surface area contributed by atoms with Gasteiger partial charge in [0, 0.05) is 44.7 Å². The van der Waals surface area contributed by atoms with E-state index in [0.29, 0.717) is 43.4 Å². The van der Waals surface area contributed by atoms with E-state index in [1.54, 1.807) is 13.0 Å². The third-order valence-corrected chi connectivity index (χ3v) is 5.13. The van der Waals surface area contributed by atoms with Gasteiger partial charge in [-0.2, -0.15) is 10.2 Å². The van der Waals surface area contributed by atoms with Gasteiger partial charge in [-0.15, -0.1) is 0 Å². The van der Waals surface area contributed by atoms with Gasteiger partial charge in [0.2, 0.25) is 11.9 Å². The van der Waals surface area contributed by atoms with Crippen molar-refractivity contribution in [3.8, 4) is 17.3 Å². The Hall–Kier alpha value is -3.92. The molecule has 1 N–H and O–H groups in total. The number of nitrogens with zero attached hydrogens (tertiary/aromatic N) is 5. The summed E-state index contributed by atoms with van der Waals surface area (Å²) < 4.78 is 0. The van der Waals surface area contributed by atoms with Crippen molar-refractivity contribution in [2.75, 3.05) is 36.4 Å². The standard InChI is InChI=1S/C23H22N6O/c1-17(30)28-11-13-29(14-12-28)22-15-21(18-7-3-2-4-8-18)26-23(27-22)25-20-10-6-5-9-19(20)16-24/h2-10,15H,11-14H2,1H3,(H,25,26,27). The molecule has 7 nitrogen and oxygen atoms in total. The van der Waals surface area contributed by atoms with Crippen molar-refractivity contribution in [2.45, 2.75) is 6.92 Å². The molecule has 0 unspecified atom stereocenters. The van der Waals surface area contributed by atoms with Crippen LogP contribution in [0.3, 0.4) is 0 Å². The molecule has 1 fully saturated rings. The van der Waals surface area contributed by atoms with Crippen LogP contribution in [0.1, 0.15) is 12.5 Å². The molecule has 150 valence electrons. The molecule has 30 heavy (non-hydrogen) atoms. The molecule has 7 heteroatoms. The summed E-state index contributed by atoms with van der Waals surface area (Å²) in [6.45, 7) is 4.35. The Morgan fingerprint density at radius 2 is 1.70 bits per heavy atom. The number of amides is 1. The zero-order chi connectivity index (χ0) is 20.9. The van der Waals surface area contributed by atoms with E-state index in [9.17, 15) is 10.1 Å². The lowest BCUT2D eigenvalue weighted by Crippen LogP contribution is -2.48. The molecule has 0 bridgehead atoms. The molecule has 0 aliphatic carbocycles. The molecule has 1 amide bonds. The highest BCUT2D eigenvalue weighted by atomic mass is 16.2. The molecule has 4 rings (SSSR count). The lowest BCUT2D eigenvalue weighted by Gasteiger charge is -2.35. The maximum Gasteiger partial charge on any atom is 0.229 e. The molecule has 0 saturated carbocycles. The summed E-state index contributed by atoms with van der Waals surface area (Å²) in [6, 6.07) is 21.4. The number of benzene rings is 2. The van der Waals surface area contributed by atoms with Gasteiger partial charge in [0.15, 0.2) is 0 Å². The molecule has 1 aliphatic rings. The topological polar surface area (TPSA) is 85.2 Å². The number of para-hydroxylation sites is 1. The van der Waals surface area contributed by atoms with Crippen LogP contribution in [-0.2, 0) is 4.79 Å². The first-order valence-electron chi connectivity index (χ1n) is 9.85. The third kappa shape index (κ3) is 4.23. The fourth-order valence-corrected chi connectivity index (χ4v) is 3.47. The molecule has 1 saturated heterocycles. The Morgan fingerprint density at radius 1 is 1.00 bits per heavy atom. The number of hydrogen-bond acceptors (Lipinski definition) is 6. The predicted octanol–water partition coefficient (Wildman–Crippen LogP) is 3.43. The molecule has 2 aromatic carbocycles. The number of nitriles is 1. The second-order valence-corrected chi connectivity index (χ2v) is 7.08. The smallest absolute Gasteiger partial charge is 0.229 e. The van der Waals surface area contributed by atoms with Crippen molar-refractivity contribution in [3.05, 3.63) is 66.2 Å². The number of carbonyl (C=O) groups excluding carboxylic acids is 1.